The van der Waals surface area contributed by atoms with E-state index in [4.69, 9.17) is 5.21 Å². The van der Waals surface area contributed by atoms with E-state index < -0.39 is 29.1 Å². The summed E-state index contributed by atoms with van der Waals surface area (Å²) in [6.45, 7) is 0. The quantitative estimate of drug-likeness (QED) is 0.493. The van der Waals surface area contributed by atoms with Gasteiger partial charge in [0.1, 0.15) is 0 Å². The van der Waals surface area contributed by atoms with Crippen LogP contribution in [0, 0.1) is 0 Å². The molecule has 0 unspecified atom stereocenters. The van der Waals surface area contributed by atoms with Crippen LogP contribution < -0.4 is 5.48 Å². The number of aromatic nitrogens is 1. The van der Waals surface area contributed by atoms with Crippen LogP contribution in [0.5, 0.6) is 0 Å². The summed E-state index contributed by atoms with van der Waals surface area (Å²) < 4.78 is 38.9. The minimum Gasteiger partial charge on any atom is -0.288 e. The first-order valence-corrected chi connectivity index (χ1v) is 7.11. The number of rotatable bonds is 4. The van der Waals surface area contributed by atoms with Gasteiger partial charge < -0.3 is 0 Å². The molecule has 1 aromatic heterocycles. The number of hydroxylamine groups is 1. The molecule has 2 rings (SSSR count). The van der Waals surface area contributed by atoms with Crippen LogP contribution in [0.1, 0.15) is 31.8 Å². The molecule has 2 N–H and O–H groups in total. The number of pyridine rings is 1. The molecular formula is C16H13F3N4O3. The lowest BCUT2D eigenvalue weighted by Gasteiger charge is -2.15. The summed E-state index contributed by atoms with van der Waals surface area (Å²) in [4.78, 5) is 26.8. The van der Waals surface area contributed by atoms with Gasteiger partial charge in [-0.25, -0.2) is 10.5 Å². The summed E-state index contributed by atoms with van der Waals surface area (Å²) in [6, 6.07) is 6.75. The van der Waals surface area contributed by atoms with Gasteiger partial charge in [-0.05, 0) is 23.8 Å². The van der Waals surface area contributed by atoms with Crippen molar-refractivity contribution >= 4 is 18.0 Å². The van der Waals surface area contributed by atoms with Crippen molar-refractivity contribution < 1.29 is 28.0 Å². The minimum absolute atomic E-state index is 0.195. The Kier molecular flexibility index (Phi) is 5.68. The number of nitrogens with one attached hydrogen (secondary N) is 1. The number of hydrogen-bond acceptors (Lipinski definition) is 5. The van der Waals surface area contributed by atoms with E-state index in [-0.39, 0.29) is 5.56 Å². The highest BCUT2D eigenvalue weighted by Crippen LogP contribution is 2.31. The average Bonchev–Trinajstić information content (AvgIpc) is 2.64. The number of alkyl halides is 3. The van der Waals surface area contributed by atoms with Crippen LogP contribution in [-0.4, -0.2) is 40.3 Å². The third kappa shape index (κ3) is 4.42. The molecule has 0 aliphatic rings. The Balaban J connectivity index is 2.17. The predicted molar refractivity (Wildman–Crippen MR) is 84.6 cm³/mol. The number of hydrogen-bond donors (Lipinski definition) is 2. The summed E-state index contributed by atoms with van der Waals surface area (Å²) in [5.74, 6) is -1.65. The van der Waals surface area contributed by atoms with Gasteiger partial charge in [-0.3, -0.25) is 19.8 Å². The molecule has 136 valence electrons. The highest BCUT2D eigenvalue weighted by Gasteiger charge is 2.36. The average molecular weight is 366 g/mol. The second kappa shape index (κ2) is 7.74. The van der Waals surface area contributed by atoms with Crippen molar-refractivity contribution in [3.8, 4) is 0 Å². The van der Waals surface area contributed by atoms with Gasteiger partial charge in [0, 0.05) is 25.0 Å². The summed E-state index contributed by atoms with van der Waals surface area (Å²) >= 11 is 0. The molecule has 0 bridgehead atoms. The van der Waals surface area contributed by atoms with Crippen LogP contribution in [0.15, 0.2) is 47.8 Å². The first kappa shape index (κ1) is 19.1. The largest absolute Gasteiger partial charge is 0.418 e. The van der Waals surface area contributed by atoms with Crippen LogP contribution in [0.25, 0.3) is 0 Å². The molecule has 2 amide bonds. The molecule has 0 fully saturated rings. The number of nitrogens with zero attached hydrogens (tertiary/aromatic N) is 3. The maximum atomic E-state index is 13.0. The summed E-state index contributed by atoms with van der Waals surface area (Å²) in [7, 11) is 1.22. The van der Waals surface area contributed by atoms with Gasteiger partial charge in [0.15, 0.2) is 0 Å². The highest BCUT2D eigenvalue weighted by molar-refractivity contribution is 5.96. The first-order chi connectivity index (χ1) is 12.2. The smallest absolute Gasteiger partial charge is 0.288 e. The van der Waals surface area contributed by atoms with Crippen molar-refractivity contribution in [2.24, 2.45) is 5.10 Å². The lowest BCUT2D eigenvalue weighted by atomic mass is 10.1. The minimum atomic E-state index is -4.72. The molecule has 7 nitrogen and oxygen atoms in total. The molecule has 0 aliphatic heterocycles. The van der Waals surface area contributed by atoms with E-state index in [9.17, 15) is 22.8 Å². The van der Waals surface area contributed by atoms with Crippen molar-refractivity contribution in [3.63, 3.8) is 0 Å². The molecule has 0 saturated carbocycles. The molecule has 1 heterocycles. The van der Waals surface area contributed by atoms with E-state index >= 15 is 0 Å². The third-order valence-corrected chi connectivity index (χ3v) is 3.31. The van der Waals surface area contributed by atoms with Crippen LogP contribution in [0.4, 0.5) is 13.2 Å². The number of hydrazone groups is 1. The van der Waals surface area contributed by atoms with E-state index in [1.54, 1.807) is 0 Å². The zero-order valence-corrected chi connectivity index (χ0v) is 13.4. The van der Waals surface area contributed by atoms with Gasteiger partial charge >= 0.3 is 6.18 Å². The van der Waals surface area contributed by atoms with Crippen LogP contribution in [0.3, 0.4) is 0 Å². The Bertz CT molecular complexity index is 835. The lowest BCUT2D eigenvalue weighted by Crippen LogP contribution is -2.25. The van der Waals surface area contributed by atoms with Gasteiger partial charge in [-0.15, -0.1) is 0 Å². The van der Waals surface area contributed by atoms with Crippen molar-refractivity contribution in [1.82, 2.24) is 15.5 Å². The fraction of sp³-hybridized carbons (Fsp3) is 0.125. The van der Waals surface area contributed by atoms with Gasteiger partial charge in [0.25, 0.3) is 11.8 Å². The number of carbonyl (C=O) groups excluding carboxylic acids is 2. The van der Waals surface area contributed by atoms with Crippen molar-refractivity contribution in [1.29, 1.82) is 0 Å². The Hall–Kier alpha value is -3.27. The monoisotopic (exact) mass is 366 g/mol. The van der Waals surface area contributed by atoms with Crippen LogP contribution in [-0.2, 0) is 6.18 Å². The number of halogens is 3. The maximum absolute atomic E-state index is 13.0. The number of amides is 2. The van der Waals surface area contributed by atoms with Crippen LogP contribution >= 0.6 is 0 Å². The fourth-order valence-electron chi connectivity index (χ4n) is 1.97. The molecule has 0 radical (unpaired) electrons. The maximum Gasteiger partial charge on any atom is 0.418 e. The van der Waals surface area contributed by atoms with E-state index in [0.717, 1.165) is 17.3 Å². The zero-order chi connectivity index (χ0) is 19.3. The van der Waals surface area contributed by atoms with E-state index in [1.807, 2.05) is 0 Å². The van der Waals surface area contributed by atoms with Crippen molar-refractivity contribution in [3.05, 3.63) is 65.0 Å². The Labute approximate surface area is 145 Å². The standard InChI is InChI=1S/C16H13F3N4O3/c1-23(15(25)12-6-7-20-9-13(12)16(17,18)19)21-8-10-2-4-11(5-3-10)14(24)22-26/h2-9,26H,1H3,(H,22,24)/b21-8+. The van der Waals surface area contributed by atoms with Gasteiger partial charge in [0.05, 0.1) is 17.3 Å². The summed E-state index contributed by atoms with van der Waals surface area (Å²) in [5.41, 5.74) is 0.450. The highest BCUT2D eigenvalue weighted by atomic mass is 19.4. The lowest BCUT2D eigenvalue weighted by molar-refractivity contribution is -0.138. The SMILES string of the molecule is CN(/N=C/c1ccc(C(=O)NO)cc1)C(=O)c1ccncc1C(F)(F)F. The van der Waals surface area contributed by atoms with Gasteiger partial charge in [-0.2, -0.15) is 18.3 Å². The summed E-state index contributed by atoms with van der Waals surface area (Å²) in [6.07, 6.45) is -1.80. The normalized spacial score (nSPS) is 11.4. The van der Waals surface area contributed by atoms with Gasteiger partial charge in [-0.1, -0.05) is 12.1 Å². The molecule has 0 saturated heterocycles. The van der Waals surface area contributed by atoms with Gasteiger partial charge in [0.2, 0.25) is 0 Å². The topological polar surface area (TPSA) is 94.9 Å². The molecule has 10 heteroatoms. The fourth-order valence-corrected chi connectivity index (χ4v) is 1.97. The second-order valence-corrected chi connectivity index (χ2v) is 5.06. The molecule has 2 aromatic rings. The third-order valence-electron chi connectivity index (χ3n) is 3.31. The molecule has 0 aliphatic carbocycles. The molecule has 1 aromatic carbocycles. The zero-order valence-electron chi connectivity index (χ0n) is 13.4. The molecule has 26 heavy (non-hydrogen) atoms. The first-order valence-electron chi connectivity index (χ1n) is 7.11. The van der Waals surface area contributed by atoms with Crippen molar-refractivity contribution in [2.45, 2.75) is 6.18 Å². The molecule has 0 spiro atoms. The number of carbonyl (C=O) groups is 2. The van der Waals surface area contributed by atoms with Crippen LogP contribution in [0.2, 0.25) is 0 Å². The molecular weight excluding hydrogens is 353 g/mol. The van der Waals surface area contributed by atoms with Crippen molar-refractivity contribution in [2.75, 3.05) is 7.05 Å². The van der Waals surface area contributed by atoms with E-state index in [1.165, 1.54) is 43.0 Å². The van der Waals surface area contributed by atoms with E-state index in [2.05, 4.69) is 10.1 Å². The number of benzene rings is 1. The Morgan fingerprint density at radius 3 is 2.46 bits per heavy atom. The Morgan fingerprint density at radius 1 is 1.23 bits per heavy atom. The second-order valence-electron chi connectivity index (χ2n) is 5.06. The predicted octanol–water partition coefficient (Wildman–Crippen LogP) is 2.33. The molecule has 0 atom stereocenters. The Morgan fingerprint density at radius 2 is 1.88 bits per heavy atom. The summed E-state index contributed by atoms with van der Waals surface area (Å²) in [5, 5.41) is 13.1. The van der Waals surface area contributed by atoms with E-state index in [0.29, 0.717) is 11.8 Å².